The summed E-state index contributed by atoms with van der Waals surface area (Å²) >= 11 is 0. The zero-order valence-corrected chi connectivity index (χ0v) is 18.4. The second-order valence-electron chi connectivity index (χ2n) is 8.07. The van der Waals surface area contributed by atoms with Gasteiger partial charge in [0.25, 0.3) is 0 Å². The van der Waals surface area contributed by atoms with Crippen molar-refractivity contribution in [3.8, 4) is 5.75 Å². The molecule has 5 heteroatoms. The number of hydrogen-bond donors (Lipinski definition) is 0. The summed E-state index contributed by atoms with van der Waals surface area (Å²) in [4.78, 5) is -0.227. The molecular weight excluding hydrogens is 360 g/mol. The van der Waals surface area contributed by atoms with Gasteiger partial charge in [-0.1, -0.05) is 89.7 Å². The van der Waals surface area contributed by atoms with Gasteiger partial charge in [-0.2, -0.15) is 8.42 Å². The molecule has 155 valence electrons. The highest BCUT2D eigenvalue weighted by Gasteiger charge is 2.25. The first kappa shape index (κ1) is 24.0. The monoisotopic (exact) mass is 397 g/mol. The van der Waals surface area contributed by atoms with Crippen LogP contribution in [0.2, 0.25) is 0 Å². The van der Waals surface area contributed by atoms with Crippen molar-refractivity contribution in [2.24, 2.45) is 0 Å². The molecule has 0 heterocycles. The SMILES string of the molecule is CCCCCCCCOc1ccc(C(C)(C)CCCCC)cc1S([O])(=O)=O. The Balaban J connectivity index is 2.79. The second-order valence-corrected chi connectivity index (χ2v) is 9.42. The molecule has 0 saturated carbocycles. The first-order valence-electron chi connectivity index (χ1n) is 10.5. The van der Waals surface area contributed by atoms with Crippen molar-refractivity contribution in [1.29, 1.82) is 0 Å². The average molecular weight is 398 g/mol. The molecule has 27 heavy (non-hydrogen) atoms. The van der Waals surface area contributed by atoms with E-state index in [2.05, 4.69) is 27.7 Å². The summed E-state index contributed by atoms with van der Waals surface area (Å²) in [7, 11) is -4.57. The molecule has 1 rings (SSSR count). The minimum absolute atomic E-state index is 0.174. The van der Waals surface area contributed by atoms with E-state index in [0.717, 1.165) is 50.5 Å². The summed E-state index contributed by atoms with van der Waals surface area (Å²) in [5.41, 5.74) is 0.701. The number of unbranched alkanes of at least 4 members (excludes halogenated alkanes) is 7. The van der Waals surface area contributed by atoms with Crippen LogP contribution in [0.5, 0.6) is 5.75 Å². The molecule has 0 fully saturated rings. The van der Waals surface area contributed by atoms with E-state index in [1.807, 2.05) is 6.07 Å². The van der Waals surface area contributed by atoms with Gasteiger partial charge in [0, 0.05) is 0 Å². The summed E-state index contributed by atoms with van der Waals surface area (Å²) in [6.45, 7) is 8.97. The Morgan fingerprint density at radius 1 is 0.889 bits per heavy atom. The molecule has 0 atom stereocenters. The molecule has 0 aliphatic rings. The number of rotatable bonds is 14. The van der Waals surface area contributed by atoms with Gasteiger partial charge in [0.2, 0.25) is 0 Å². The van der Waals surface area contributed by atoms with Gasteiger partial charge in [-0.05, 0) is 36.0 Å². The van der Waals surface area contributed by atoms with Crippen molar-refractivity contribution in [1.82, 2.24) is 0 Å². The van der Waals surface area contributed by atoms with E-state index in [-0.39, 0.29) is 16.1 Å². The lowest BCUT2D eigenvalue weighted by Gasteiger charge is -2.26. The normalized spacial score (nSPS) is 12.3. The van der Waals surface area contributed by atoms with Gasteiger partial charge in [0.05, 0.1) is 6.61 Å². The fraction of sp³-hybridized carbons (Fsp3) is 0.727. The van der Waals surface area contributed by atoms with Crippen LogP contribution in [0.4, 0.5) is 0 Å². The van der Waals surface area contributed by atoms with Gasteiger partial charge in [-0.3, -0.25) is 0 Å². The lowest BCUT2D eigenvalue weighted by Crippen LogP contribution is -2.18. The highest BCUT2D eigenvalue weighted by atomic mass is 32.2. The Kier molecular flexibility index (Phi) is 10.4. The van der Waals surface area contributed by atoms with Crippen molar-refractivity contribution >= 4 is 10.1 Å². The number of hydrogen-bond acceptors (Lipinski definition) is 3. The molecular formula is C22H37O4S. The predicted octanol–water partition coefficient (Wildman–Crippen LogP) is 6.40. The van der Waals surface area contributed by atoms with Crippen LogP contribution in [0.3, 0.4) is 0 Å². The van der Waals surface area contributed by atoms with Crippen molar-refractivity contribution in [3.63, 3.8) is 0 Å². The first-order valence-corrected chi connectivity index (χ1v) is 11.9. The summed E-state index contributed by atoms with van der Waals surface area (Å²) in [5.74, 6) is 0.187. The van der Waals surface area contributed by atoms with Gasteiger partial charge in [-0.25, -0.2) is 0 Å². The molecule has 0 unspecified atom stereocenters. The largest absolute Gasteiger partial charge is 0.492 e. The van der Waals surface area contributed by atoms with Crippen LogP contribution in [-0.4, -0.2) is 15.0 Å². The van der Waals surface area contributed by atoms with Gasteiger partial charge in [0.1, 0.15) is 10.6 Å². The standard InChI is InChI=1S/C22H37O4S/c1-5-7-9-10-11-13-17-26-20-15-14-19(18-21(20)27(23,24)25)22(3,4)16-12-8-6-2/h14-15,18H,5-13,16-17H2,1-4H3. The summed E-state index contributed by atoms with van der Waals surface area (Å²) < 4.78 is 41.0. The molecule has 0 spiro atoms. The van der Waals surface area contributed by atoms with E-state index in [9.17, 15) is 13.0 Å². The zero-order chi connectivity index (χ0) is 20.3. The Hall–Kier alpha value is -1.07. The van der Waals surface area contributed by atoms with Crippen LogP contribution in [0, 0.1) is 0 Å². The number of ether oxygens (including phenoxy) is 1. The molecule has 0 amide bonds. The maximum Gasteiger partial charge on any atom is 0.327 e. The maximum absolute atomic E-state index is 11.8. The van der Waals surface area contributed by atoms with E-state index >= 15 is 0 Å². The van der Waals surface area contributed by atoms with E-state index < -0.39 is 10.1 Å². The molecule has 0 aliphatic carbocycles. The van der Waals surface area contributed by atoms with Crippen LogP contribution in [0.25, 0.3) is 0 Å². The topological polar surface area (TPSA) is 63.3 Å². The molecule has 1 aromatic carbocycles. The lowest BCUT2D eigenvalue weighted by molar-refractivity contribution is 0.294. The van der Waals surface area contributed by atoms with Gasteiger partial charge in [-0.15, -0.1) is 0 Å². The van der Waals surface area contributed by atoms with Gasteiger partial charge in [0.15, 0.2) is 0 Å². The quantitative estimate of drug-likeness (QED) is 0.341. The fourth-order valence-electron chi connectivity index (χ4n) is 3.27. The third kappa shape index (κ3) is 8.65. The van der Waals surface area contributed by atoms with E-state index in [0.29, 0.717) is 6.61 Å². The van der Waals surface area contributed by atoms with Crippen LogP contribution in [0.1, 0.15) is 97.5 Å². The summed E-state index contributed by atoms with van der Waals surface area (Å²) in [5, 5.41) is 0. The minimum atomic E-state index is -4.57. The van der Waals surface area contributed by atoms with Crippen LogP contribution in [-0.2, 0) is 20.1 Å². The Bertz CT molecular complexity index is 650. The van der Waals surface area contributed by atoms with Crippen molar-refractivity contribution < 1.29 is 17.7 Å². The molecule has 0 N–H and O–H groups in total. The molecule has 0 bridgehead atoms. The lowest BCUT2D eigenvalue weighted by atomic mass is 9.80. The molecule has 0 aliphatic heterocycles. The maximum atomic E-state index is 11.8. The highest BCUT2D eigenvalue weighted by molar-refractivity contribution is 7.85. The smallest absolute Gasteiger partial charge is 0.327 e. The summed E-state index contributed by atoms with van der Waals surface area (Å²) in [6, 6.07) is 5.07. The highest BCUT2D eigenvalue weighted by Crippen LogP contribution is 2.34. The predicted molar refractivity (Wildman–Crippen MR) is 110 cm³/mol. The number of benzene rings is 1. The Morgan fingerprint density at radius 3 is 2.11 bits per heavy atom. The molecule has 4 nitrogen and oxygen atoms in total. The van der Waals surface area contributed by atoms with Gasteiger partial charge < -0.3 is 4.74 Å². The summed E-state index contributed by atoms with van der Waals surface area (Å²) in [6.07, 6.45) is 11.1. The van der Waals surface area contributed by atoms with Crippen LogP contribution in [0.15, 0.2) is 23.1 Å². The van der Waals surface area contributed by atoms with Crippen LogP contribution < -0.4 is 4.74 Å². The zero-order valence-electron chi connectivity index (χ0n) is 17.6. The Labute approximate surface area is 166 Å². The second kappa shape index (κ2) is 11.7. The third-order valence-electron chi connectivity index (χ3n) is 5.16. The minimum Gasteiger partial charge on any atom is -0.492 e. The Morgan fingerprint density at radius 2 is 1.48 bits per heavy atom. The molecule has 1 aromatic rings. The van der Waals surface area contributed by atoms with E-state index in [4.69, 9.17) is 4.74 Å². The van der Waals surface area contributed by atoms with Gasteiger partial charge >= 0.3 is 10.1 Å². The third-order valence-corrected chi connectivity index (χ3v) is 6.01. The fourth-order valence-corrected chi connectivity index (χ4v) is 3.91. The molecule has 0 aromatic heterocycles. The molecule has 1 radical (unpaired) electrons. The van der Waals surface area contributed by atoms with Crippen molar-refractivity contribution in [2.75, 3.05) is 6.61 Å². The first-order chi connectivity index (χ1) is 12.7. The van der Waals surface area contributed by atoms with E-state index in [1.54, 1.807) is 6.07 Å². The average Bonchev–Trinajstić information content (AvgIpc) is 2.60. The molecule has 0 saturated heterocycles. The van der Waals surface area contributed by atoms with Crippen LogP contribution >= 0.6 is 0 Å². The van der Waals surface area contributed by atoms with Crippen molar-refractivity contribution in [2.45, 2.75) is 102 Å². The van der Waals surface area contributed by atoms with E-state index in [1.165, 1.54) is 25.3 Å². The van der Waals surface area contributed by atoms with Crippen molar-refractivity contribution in [3.05, 3.63) is 23.8 Å².